The van der Waals surface area contributed by atoms with Crippen LogP contribution in [0.25, 0.3) is 10.8 Å². The first-order chi connectivity index (χ1) is 16.0. The first-order valence-electron chi connectivity index (χ1n) is 11.1. The van der Waals surface area contributed by atoms with E-state index in [4.69, 9.17) is 0 Å². The Hall–Kier alpha value is -3.51. The maximum atomic E-state index is 14.6. The van der Waals surface area contributed by atoms with Gasteiger partial charge in [0.05, 0.1) is 5.69 Å². The van der Waals surface area contributed by atoms with Gasteiger partial charge in [0.2, 0.25) is 0 Å². The maximum absolute atomic E-state index is 14.6. The molecule has 0 saturated carbocycles. The van der Waals surface area contributed by atoms with E-state index in [9.17, 15) is 15.0 Å². The van der Waals surface area contributed by atoms with E-state index in [2.05, 4.69) is 0 Å². The number of β-amino-alcohol motifs (C(OH)–C–C–N with tert-alkyl or cyclic N) is 1. The minimum absolute atomic E-state index is 0.125. The average Bonchev–Trinajstić information content (AvgIpc) is 3.29. The van der Waals surface area contributed by atoms with Crippen LogP contribution >= 0.6 is 0 Å². The van der Waals surface area contributed by atoms with Crippen molar-refractivity contribution in [3.8, 4) is 0 Å². The highest BCUT2D eigenvalue weighted by molar-refractivity contribution is 6.15. The maximum Gasteiger partial charge on any atom is 0.260 e. The van der Waals surface area contributed by atoms with E-state index in [0.29, 0.717) is 16.7 Å². The summed E-state index contributed by atoms with van der Waals surface area (Å²) in [6.45, 7) is 0.125. The second-order valence-corrected chi connectivity index (χ2v) is 9.34. The molecule has 3 atom stereocenters. The molecule has 1 saturated heterocycles. The summed E-state index contributed by atoms with van der Waals surface area (Å²) in [5.74, 6) is -0.263. The molecule has 2 heterocycles. The SMILES string of the molecule is CN1C[C@@]2(O)c3cccc4cccc(c34)[C@@]2(O)C12C(=O)N(c1ccccc1)c1ccccc12. The molecular formula is C28H22N2O3. The molecule has 2 aliphatic heterocycles. The highest BCUT2D eigenvalue weighted by Crippen LogP contribution is 2.68. The number of rotatable bonds is 1. The molecule has 7 rings (SSSR count). The van der Waals surface area contributed by atoms with Gasteiger partial charge in [0, 0.05) is 17.8 Å². The third-order valence-electron chi connectivity index (χ3n) is 7.96. The van der Waals surface area contributed by atoms with Gasteiger partial charge in [-0.05, 0) is 47.1 Å². The van der Waals surface area contributed by atoms with Gasteiger partial charge in [0.25, 0.3) is 5.91 Å². The number of aliphatic hydroxyl groups is 2. The first kappa shape index (κ1) is 19.0. The second-order valence-electron chi connectivity index (χ2n) is 9.34. The number of hydrogen-bond donors (Lipinski definition) is 2. The van der Waals surface area contributed by atoms with Crippen molar-refractivity contribution in [2.75, 3.05) is 18.5 Å². The Morgan fingerprint density at radius 1 is 0.758 bits per heavy atom. The summed E-state index contributed by atoms with van der Waals surface area (Å²) < 4.78 is 0. The summed E-state index contributed by atoms with van der Waals surface area (Å²) in [4.78, 5) is 18.1. The summed E-state index contributed by atoms with van der Waals surface area (Å²) in [5, 5.41) is 26.8. The number of fused-ring (bicyclic) bond motifs is 6. The number of benzene rings is 4. The van der Waals surface area contributed by atoms with E-state index >= 15 is 0 Å². The summed E-state index contributed by atoms with van der Waals surface area (Å²) in [6.07, 6.45) is 0. The van der Waals surface area contributed by atoms with Crippen LogP contribution in [0.5, 0.6) is 0 Å². The van der Waals surface area contributed by atoms with Gasteiger partial charge in [-0.25, -0.2) is 0 Å². The van der Waals surface area contributed by atoms with Crippen molar-refractivity contribution in [1.82, 2.24) is 4.90 Å². The number of carbonyl (C=O) groups excluding carboxylic acids is 1. The van der Waals surface area contributed by atoms with Crippen molar-refractivity contribution in [2.24, 2.45) is 0 Å². The molecule has 0 bridgehead atoms. The van der Waals surface area contributed by atoms with Crippen LogP contribution in [-0.4, -0.2) is 34.6 Å². The van der Waals surface area contributed by atoms with Gasteiger partial charge in [-0.3, -0.25) is 14.6 Å². The predicted molar refractivity (Wildman–Crippen MR) is 126 cm³/mol. The monoisotopic (exact) mass is 434 g/mol. The normalized spacial score (nSPS) is 29.8. The van der Waals surface area contributed by atoms with Crippen LogP contribution in [0.3, 0.4) is 0 Å². The van der Waals surface area contributed by atoms with E-state index in [0.717, 1.165) is 22.1 Å². The number of amides is 1. The molecule has 1 unspecified atom stereocenters. The van der Waals surface area contributed by atoms with Crippen molar-refractivity contribution in [3.05, 3.63) is 108 Å². The topological polar surface area (TPSA) is 64.0 Å². The quantitative estimate of drug-likeness (QED) is 0.479. The van der Waals surface area contributed by atoms with Crippen LogP contribution in [0.15, 0.2) is 91.0 Å². The number of carbonyl (C=O) groups is 1. The number of likely N-dealkylation sites (N-methyl/N-ethyl adjacent to an activating group) is 1. The van der Waals surface area contributed by atoms with Crippen molar-refractivity contribution in [1.29, 1.82) is 0 Å². The molecule has 5 nitrogen and oxygen atoms in total. The average molecular weight is 434 g/mol. The fraction of sp³-hybridized carbons (Fsp3) is 0.179. The molecule has 5 heteroatoms. The number of para-hydroxylation sites is 2. The molecule has 2 N–H and O–H groups in total. The van der Waals surface area contributed by atoms with Gasteiger partial charge in [-0.2, -0.15) is 0 Å². The molecule has 1 fully saturated rings. The number of likely N-dealkylation sites (tertiary alicyclic amines) is 1. The highest BCUT2D eigenvalue weighted by Gasteiger charge is 2.80. The minimum atomic E-state index is -1.87. The lowest BCUT2D eigenvalue weighted by molar-refractivity contribution is -0.174. The van der Waals surface area contributed by atoms with E-state index in [1.54, 1.807) is 4.90 Å². The molecule has 33 heavy (non-hydrogen) atoms. The Kier molecular flexibility index (Phi) is 3.39. The Bertz CT molecular complexity index is 1480. The number of anilines is 2. The van der Waals surface area contributed by atoms with Crippen LogP contribution in [0.2, 0.25) is 0 Å². The van der Waals surface area contributed by atoms with E-state index < -0.39 is 16.7 Å². The summed E-state index contributed by atoms with van der Waals surface area (Å²) in [6, 6.07) is 28.6. The van der Waals surface area contributed by atoms with Gasteiger partial charge in [0.15, 0.2) is 11.1 Å². The van der Waals surface area contributed by atoms with E-state index in [-0.39, 0.29) is 12.5 Å². The van der Waals surface area contributed by atoms with Gasteiger partial charge in [-0.15, -0.1) is 0 Å². The standard InChI is InChI=1S/C28H22N2O3/c1-29-17-26(32)21-14-7-9-18-10-8-15-22(24(18)21)28(26,33)27(29)20-13-5-6-16-23(20)30(25(27)31)19-11-3-2-4-12-19/h2-16,32-33H,17H2,1H3/t26-,27?,28+/m1/s1. The van der Waals surface area contributed by atoms with Crippen LogP contribution < -0.4 is 4.90 Å². The fourth-order valence-corrected chi connectivity index (χ4v) is 6.75. The number of hydrogen-bond acceptors (Lipinski definition) is 4. The Balaban J connectivity index is 1.60. The van der Waals surface area contributed by atoms with Crippen molar-refractivity contribution in [3.63, 3.8) is 0 Å². The minimum Gasteiger partial charge on any atom is -0.380 e. The zero-order chi connectivity index (χ0) is 22.6. The largest absolute Gasteiger partial charge is 0.380 e. The van der Waals surface area contributed by atoms with Gasteiger partial charge >= 0.3 is 0 Å². The van der Waals surface area contributed by atoms with Crippen LogP contribution in [0.4, 0.5) is 11.4 Å². The third-order valence-corrected chi connectivity index (χ3v) is 7.96. The third kappa shape index (κ3) is 1.83. The van der Waals surface area contributed by atoms with E-state index in [1.165, 1.54) is 0 Å². The molecule has 4 aromatic rings. The number of nitrogens with zero attached hydrogens (tertiary/aromatic N) is 2. The van der Waals surface area contributed by atoms with Crippen LogP contribution in [-0.2, 0) is 21.5 Å². The smallest absolute Gasteiger partial charge is 0.260 e. The van der Waals surface area contributed by atoms with Crippen LogP contribution in [0.1, 0.15) is 16.7 Å². The molecule has 3 aliphatic rings. The lowest BCUT2D eigenvalue weighted by Crippen LogP contribution is -2.61. The molecule has 4 aromatic carbocycles. The molecule has 1 amide bonds. The molecular weight excluding hydrogens is 412 g/mol. The molecule has 0 aromatic heterocycles. The summed E-state index contributed by atoms with van der Waals surface area (Å²) >= 11 is 0. The summed E-state index contributed by atoms with van der Waals surface area (Å²) in [5.41, 5.74) is -1.57. The van der Waals surface area contributed by atoms with Gasteiger partial charge in [0.1, 0.15) is 5.60 Å². The molecule has 162 valence electrons. The second kappa shape index (κ2) is 5.88. The van der Waals surface area contributed by atoms with E-state index in [1.807, 2.05) is 103 Å². The molecule has 1 aliphatic carbocycles. The first-order valence-corrected chi connectivity index (χ1v) is 11.1. The van der Waals surface area contributed by atoms with Crippen LogP contribution in [0, 0.1) is 0 Å². The lowest BCUT2D eigenvalue weighted by atomic mass is 9.68. The van der Waals surface area contributed by atoms with Crippen molar-refractivity contribution >= 4 is 28.1 Å². The van der Waals surface area contributed by atoms with Gasteiger partial charge < -0.3 is 10.2 Å². The predicted octanol–water partition coefficient (Wildman–Crippen LogP) is 3.75. The lowest BCUT2D eigenvalue weighted by Gasteiger charge is -2.43. The summed E-state index contributed by atoms with van der Waals surface area (Å²) in [7, 11) is 1.82. The zero-order valence-corrected chi connectivity index (χ0v) is 18.1. The fourth-order valence-electron chi connectivity index (χ4n) is 6.75. The highest BCUT2D eigenvalue weighted by atomic mass is 16.4. The Morgan fingerprint density at radius 2 is 1.39 bits per heavy atom. The van der Waals surface area contributed by atoms with Crippen molar-refractivity contribution < 1.29 is 15.0 Å². The molecule has 0 radical (unpaired) electrons. The molecule has 1 spiro atoms. The van der Waals surface area contributed by atoms with Crippen molar-refractivity contribution in [2.45, 2.75) is 16.7 Å². The Labute approximate surface area is 191 Å². The zero-order valence-electron chi connectivity index (χ0n) is 18.1. The Morgan fingerprint density at radius 3 is 2.15 bits per heavy atom. The van der Waals surface area contributed by atoms with Gasteiger partial charge in [-0.1, -0.05) is 72.8 Å².